The van der Waals surface area contributed by atoms with Crippen LogP contribution in [-0.4, -0.2) is 35.3 Å². The lowest BCUT2D eigenvalue weighted by atomic mass is 9.99. The number of ether oxygens (including phenoxy) is 1. The van der Waals surface area contributed by atoms with E-state index in [4.69, 9.17) is 4.74 Å². The number of benzene rings is 1. The zero-order valence-corrected chi connectivity index (χ0v) is 13.7. The Morgan fingerprint density at radius 2 is 2.30 bits per heavy atom. The van der Waals surface area contributed by atoms with E-state index in [2.05, 4.69) is 15.9 Å². The number of piperidine rings is 1. The highest BCUT2D eigenvalue weighted by atomic mass is 79.9. The second-order valence-electron chi connectivity index (χ2n) is 5.61. The minimum absolute atomic E-state index is 0.116. The van der Waals surface area contributed by atoms with Gasteiger partial charge in [0.1, 0.15) is 5.75 Å². The van der Waals surface area contributed by atoms with Crippen molar-refractivity contribution in [3.63, 3.8) is 0 Å². The van der Waals surface area contributed by atoms with Gasteiger partial charge in [-0.15, -0.1) is 0 Å². The van der Waals surface area contributed by atoms with Crippen molar-refractivity contribution in [1.29, 1.82) is 0 Å². The highest BCUT2D eigenvalue weighted by molar-refractivity contribution is 9.09. The average molecular weight is 340 g/mol. The van der Waals surface area contributed by atoms with Gasteiger partial charge >= 0.3 is 0 Å². The largest absolute Gasteiger partial charge is 0.491 e. The molecule has 1 heterocycles. The number of carbonyl (C=O) groups is 1. The SMILES string of the molecule is CC(C)Oc1cccc(C(=O)N2CCCC(CBr)C2)c1. The summed E-state index contributed by atoms with van der Waals surface area (Å²) in [6.45, 7) is 5.68. The molecule has 20 heavy (non-hydrogen) atoms. The van der Waals surface area contributed by atoms with Crippen LogP contribution in [0.5, 0.6) is 5.75 Å². The molecule has 4 heteroatoms. The molecule has 1 saturated heterocycles. The molecular formula is C16H22BrNO2. The van der Waals surface area contributed by atoms with Crippen molar-refractivity contribution in [3.8, 4) is 5.75 Å². The number of halogens is 1. The Labute approximate surface area is 129 Å². The van der Waals surface area contributed by atoms with E-state index in [0.717, 1.165) is 36.2 Å². The Balaban J connectivity index is 2.08. The van der Waals surface area contributed by atoms with E-state index in [1.165, 1.54) is 6.42 Å². The van der Waals surface area contributed by atoms with Crippen LogP contribution >= 0.6 is 15.9 Å². The van der Waals surface area contributed by atoms with Gasteiger partial charge in [-0.05, 0) is 50.8 Å². The molecule has 2 rings (SSSR count). The molecule has 0 radical (unpaired) electrons. The molecule has 1 aliphatic heterocycles. The zero-order valence-electron chi connectivity index (χ0n) is 12.1. The van der Waals surface area contributed by atoms with Crippen molar-refractivity contribution in [2.45, 2.75) is 32.8 Å². The Morgan fingerprint density at radius 1 is 1.50 bits per heavy atom. The maximum atomic E-state index is 12.6. The van der Waals surface area contributed by atoms with Crippen molar-refractivity contribution in [2.75, 3.05) is 18.4 Å². The summed E-state index contributed by atoms with van der Waals surface area (Å²) in [5.41, 5.74) is 0.721. The van der Waals surface area contributed by atoms with Crippen LogP contribution in [0.2, 0.25) is 0 Å². The van der Waals surface area contributed by atoms with Gasteiger partial charge < -0.3 is 9.64 Å². The second-order valence-corrected chi connectivity index (χ2v) is 6.26. The Kier molecular flexibility index (Phi) is 5.46. The molecule has 1 amide bonds. The molecule has 0 bridgehead atoms. The summed E-state index contributed by atoms with van der Waals surface area (Å²) in [6, 6.07) is 7.50. The standard InChI is InChI=1S/C16H22BrNO2/c1-12(2)20-15-7-3-6-14(9-15)16(19)18-8-4-5-13(10-17)11-18/h3,6-7,9,12-13H,4-5,8,10-11H2,1-2H3. The number of nitrogens with zero attached hydrogens (tertiary/aromatic N) is 1. The molecule has 0 N–H and O–H groups in total. The summed E-state index contributed by atoms with van der Waals surface area (Å²) in [5.74, 6) is 1.45. The zero-order chi connectivity index (χ0) is 14.5. The maximum absolute atomic E-state index is 12.6. The summed E-state index contributed by atoms with van der Waals surface area (Å²) in [7, 11) is 0. The van der Waals surface area contributed by atoms with Crippen LogP contribution in [0.3, 0.4) is 0 Å². The monoisotopic (exact) mass is 339 g/mol. The lowest BCUT2D eigenvalue weighted by Crippen LogP contribution is -2.40. The van der Waals surface area contributed by atoms with Crippen molar-refractivity contribution in [1.82, 2.24) is 4.90 Å². The number of likely N-dealkylation sites (tertiary alicyclic amines) is 1. The van der Waals surface area contributed by atoms with Crippen molar-refractivity contribution >= 4 is 21.8 Å². The topological polar surface area (TPSA) is 29.5 Å². The van der Waals surface area contributed by atoms with Gasteiger partial charge in [0.15, 0.2) is 0 Å². The lowest BCUT2D eigenvalue weighted by molar-refractivity contribution is 0.0685. The van der Waals surface area contributed by atoms with Gasteiger partial charge in [0, 0.05) is 24.0 Å². The number of alkyl halides is 1. The molecule has 3 nitrogen and oxygen atoms in total. The van der Waals surface area contributed by atoms with Gasteiger partial charge in [0.2, 0.25) is 0 Å². The van der Waals surface area contributed by atoms with Gasteiger partial charge in [0.05, 0.1) is 6.10 Å². The molecule has 1 fully saturated rings. The van der Waals surface area contributed by atoms with E-state index in [-0.39, 0.29) is 12.0 Å². The molecular weight excluding hydrogens is 318 g/mol. The smallest absolute Gasteiger partial charge is 0.253 e. The molecule has 110 valence electrons. The van der Waals surface area contributed by atoms with Crippen LogP contribution in [0.15, 0.2) is 24.3 Å². The van der Waals surface area contributed by atoms with Crippen molar-refractivity contribution < 1.29 is 9.53 Å². The summed E-state index contributed by atoms with van der Waals surface area (Å²) in [4.78, 5) is 14.5. The molecule has 0 aromatic heterocycles. The third-order valence-electron chi connectivity index (χ3n) is 3.48. The lowest BCUT2D eigenvalue weighted by Gasteiger charge is -2.32. The summed E-state index contributed by atoms with van der Waals surface area (Å²) >= 11 is 3.52. The van der Waals surface area contributed by atoms with E-state index >= 15 is 0 Å². The van der Waals surface area contributed by atoms with Gasteiger partial charge in [0.25, 0.3) is 5.91 Å². The van der Waals surface area contributed by atoms with E-state index in [0.29, 0.717) is 5.92 Å². The molecule has 1 atom stereocenters. The first-order valence-electron chi connectivity index (χ1n) is 7.22. The quantitative estimate of drug-likeness (QED) is 0.782. The number of hydrogen-bond acceptors (Lipinski definition) is 2. The van der Waals surface area contributed by atoms with Crippen LogP contribution < -0.4 is 4.74 Å². The fourth-order valence-corrected chi connectivity index (χ4v) is 3.06. The van der Waals surface area contributed by atoms with Gasteiger partial charge in [-0.2, -0.15) is 0 Å². The second kappa shape index (κ2) is 7.11. The number of carbonyl (C=O) groups excluding carboxylic acids is 1. The van der Waals surface area contributed by atoms with Crippen molar-refractivity contribution in [3.05, 3.63) is 29.8 Å². The average Bonchev–Trinajstić information content (AvgIpc) is 2.46. The maximum Gasteiger partial charge on any atom is 0.253 e. The minimum Gasteiger partial charge on any atom is -0.491 e. The fourth-order valence-electron chi connectivity index (χ4n) is 2.53. The minimum atomic E-state index is 0.116. The normalized spacial score (nSPS) is 19.2. The van der Waals surface area contributed by atoms with E-state index in [1.54, 1.807) is 0 Å². The molecule has 0 saturated carbocycles. The highest BCUT2D eigenvalue weighted by Gasteiger charge is 2.24. The molecule has 1 unspecified atom stereocenters. The third kappa shape index (κ3) is 3.98. The number of rotatable bonds is 4. The molecule has 1 aliphatic rings. The number of hydrogen-bond donors (Lipinski definition) is 0. The van der Waals surface area contributed by atoms with Crippen LogP contribution in [-0.2, 0) is 0 Å². The van der Waals surface area contributed by atoms with E-state index < -0.39 is 0 Å². The van der Waals surface area contributed by atoms with E-state index in [1.807, 2.05) is 43.0 Å². The summed E-state index contributed by atoms with van der Waals surface area (Å²) < 4.78 is 5.66. The molecule has 1 aromatic rings. The fraction of sp³-hybridized carbons (Fsp3) is 0.562. The van der Waals surface area contributed by atoms with Crippen LogP contribution in [0.4, 0.5) is 0 Å². The Morgan fingerprint density at radius 3 is 3.00 bits per heavy atom. The van der Waals surface area contributed by atoms with Gasteiger partial charge in [-0.3, -0.25) is 4.79 Å². The molecule has 0 aliphatic carbocycles. The molecule has 0 spiro atoms. The predicted octanol–water partition coefficient (Wildman–Crippen LogP) is 3.72. The Hall–Kier alpha value is -1.03. The Bertz CT molecular complexity index is 462. The van der Waals surface area contributed by atoms with Crippen LogP contribution in [0.1, 0.15) is 37.0 Å². The molecule has 1 aromatic carbocycles. The highest BCUT2D eigenvalue weighted by Crippen LogP contribution is 2.22. The summed E-state index contributed by atoms with van der Waals surface area (Å²) in [5, 5.41) is 0.966. The first-order valence-corrected chi connectivity index (χ1v) is 8.34. The third-order valence-corrected chi connectivity index (χ3v) is 4.39. The van der Waals surface area contributed by atoms with E-state index in [9.17, 15) is 4.79 Å². The van der Waals surface area contributed by atoms with Crippen molar-refractivity contribution in [2.24, 2.45) is 5.92 Å². The predicted molar refractivity (Wildman–Crippen MR) is 84.6 cm³/mol. The van der Waals surface area contributed by atoms with Crippen LogP contribution in [0, 0.1) is 5.92 Å². The van der Waals surface area contributed by atoms with Gasteiger partial charge in [-0.25, -0.2) is 0 Å². The van der Waals surface area contributed by atoms with Gasteiger partial charge in [-0.1, -0.05) is 22.0 Å². The first kappa shape index (κ1) is 15.4. The van der Waals surface area contributed by atoms with Crippen LogP contribution in [0.25, 0.3) is 0 Å². The summed E-state index contributed by atoms with van der Waals surface area (Å²) in [6.07, 6.45) is 2.41. The first-order chi connectivity index (χ1) is 9.60. The number of amides is 1.